The topological polar surface area (TPSA) is 74.2 Å². The first-order valence-corrected chi connectivity index (χ1v) is 4.70. The highest BCUT2D eigenvalue weighted by Gasteiger charge is 2.26. The van der Waals surface area contributed by atoms with Gasteiger partial charge in [0, 0.05) is 6.07 Å². The molecule has 6 nitrogen and oxygen atoms in total. The zero-order valence-electron chi connectivity index (χ0n) is 10.1. The number of hydrogen-bond acceptors (Lipinski definition) is 5. The summed E-state index contributed by atoms with van der Waals surface area (Å²) >= 11 is 0. The van der Waals surface area contributed by atoms with E-state index in [0.29, 0.717) is 0 Å². The van der Waals surface area contributed by atoms with Gasteiger partial charge in [-0.05, 0) is 0 Å². The number of benzene rings is 1. The van der Waals surface area contributed by atoms with Crippen LogP contribution in [0.3, 0.4) is 0 Å². The standard InChI is InChI=1S/C11H14O6/c1-14-6-5-7(15-2)10(17-4)8(11(12)13)9(6)16-3/h5H,1-4H3,(H,12,13). The Morgan fingerprint density at radius 2 is 1.35 bits per heavy atom. The van der Waals surface area contributed by atoms with E-state index in [1.807, 2.05) is 0 Å². The molecule has 0 spiro atoms. The van der Waals surface area contributed by atoms with Crippen molar-refractivity contribution < 1.29 is 28.8 Å². The number of carboxylic acids is 1. The van der Waals surface area contributed by atoms with Gasteiger partial charge in [0.25, 0.3) is 0 Å². The molecule has 0 saturated carbocycles. The van der Waals surface area contributed by atoms with E-state index in [1.54, 1.807) is 0 Å². The molecule has 0 amide bonds. The van der Waals surface area contributed by atoms with Crippen molar-refractivity contribution >= 4 is 5.97 Å². The molecule has 0 radical (unpaired) electrons. The second-order valence-electron chi connectivity index (χ2n) is 3.03. The Labute approximate surface area is 98.7 Å². The van der Waals surface area contributed by atoms with Crippen LogP contribution in [0.5, 0.6) is 23.0 Å². The normalized spacial score (nSPS) is 9.65. The molecule has 0 bridgehead atoms. The lowest BCUT2D eigenvalue weighted by molar-refractivity contribution is 0.0688. The molecule has 0 aliphatic rings. The van der Waals surface area contributed by atoms with E-state index in [0.717, 1.165) is 0 Å². The fourth-order valence-corrected chi connectivity index (χ4v) is 1.50. The summed E-state index contributed by atoms with van der Waals surface area (Å²) in [5.74, 6) is -0.462. The SMILES string of the molecule is COc1cc(OC)c(OC)c(C(=O)O)c1OC. The highest BCUT2D eigenvalue weighted by Crippen LogP contribution is 2.44. The van der Waals surface area contributed by atoms with E-state index in [1.165, 1.54) is 34.5 Å². The number of carbonyl (C=O) groups is 1. The molecule has 1 aromatic rings. The van der Waals surface area contributed by atoms with Gasteiger partial charge in [-0.1, -0.05) is 0 Å². The maximum absolute atomic E-state index is 11.2. The molecule has 1 aromatic carbocycles. The monoisotopic (exact) mass is 242 g/mol. The van der Waals surface area contributed by atoms with Crippen molar-refractivity contribution in [2.75, 3.05) is 28.4 Å². The van der Waals surface area contributed by atoms with E-state index in [2.05, 4.69) is 0 Å². The molecule has 17 heavy (non-hydrogen) atoms. The molecule has 1 rings (SSSR count). The third-order valence-electron chi connectivity index (χ3n) is 2.23. The number of ether oxygens (including phenoxy) is 4. The minimum absolute atomic E-state index is 0.0950. The van der Waals surface area contributed by atoms with Crippen molar-refractivity contribution in [2.24, 2.45) is 0 Å². The molecule has 6 heteroatoms. The lowest BCUT2D eigenvalue weighted by Crippen LogP contribution is -2.07. The van der Waals surface area contributed by atoms with Gasteiger partial charge in [0.15, 0.2) is 28.6 Å². The van der Waals surface area contributed by atoms with Crippen LogP contribution < -0.4 is 18.9 Å². The third-order valence-corrected chi connectivity index (χ3v) is 2.23. The van der Waals surface area contributed by atoms with E-state index >= 15 is 0 Å². The summed E-state index contributed by atoms with van der Waals surface area (Å²) in [6.45, 7) is 0. The van der Waals surface area contributed by atoms with E-state index in [4.69, 9.17) is 18.9 Å². The van der Waals surface area contributed by atoms with Crippen LogP contribution in [0.25, 0.3) is 0 Å². The van der Waals surface area contributed by atoms with Gasteiger partial charge in [-0.3, -0.25) is 0 Å². The molecule has 94 valence electrons. The predicted molar refractivity (Wildman–Crippen MR) is 59.6 cm³/mol. The minimum atomic E-state index is -1.18. The molecular weight excluding hydrogens is 228 g/mol. The highest BCUT2D eigenvalue weighted by molar-refractivity contribution is 5.96. The number of rotatable bonds is 5. The lowest BCUT2D eigenvalue weighted by atomic mass is 10.1. The van der Waals surface area contributed by atoms with Crippen molar-refractivity contribution in [2.45, 2.75) is 0 Å². The van der Waals surface area contributed by atoms with Crippen molar-refractivity contribution in [1.82, 2.24) is 0 Å². The van der Waals surface area contributed by atoms with Crippen molar-refractivity contribution in [3.05, 3.63) is 11.6 Å². The van der Waals surface area contributed by atoms with Crippen LogP contribution in [0.1, 0.15) is 10.4 Å². The van der Waals surface area contributed by atoms with E-state index in [-0.39, 0.29) is 28.6 Å². The van der Waals surface area contributed by atoms with Gasteiger partial charge in [0.2, 0.25) is 0 Å². The van der Waals surface area contributed by atoms with Gasteiger partial charge in [0.05, 0.1) is 28.4 Å². The van der Waals surface area contributed by atoms with Crippen LogP contribution in [0, 0.1) is 0 Å². The Morgan fingerprint density at radius 1 is 0.941 bits per heavy atom. The Bertz CT molecular complexity index is 396. The van der Waals surface area contributed by atoms with Crippen LogP contribution in [-0.2, 0) is 0 Å². The fraction of sp³-hybridized carbons (Fsp3) is 0.364. The summed E-state index contributed by atoms with van der Waals surface area (Å²) in [5, 5.41) is 9.18. The Hall–Kier alpha value is -2.11. The second-order valence-corrected chi connectivity index (χ2v) is 3.03. The maximum atomic E-state index is 11.2. The molecule has 0 heterocycles. The Kier molecular flexibility index (Phi) is 4.03. The maximum Gasteiger partial charge on any atom is 0.343 e. The molecule has 0 aliphatic heterocycles. The minimum Gasteiger partial charge on any atom is -0.493 e. The first-order valence-electron chi connectivity index (χ1n) is 4.70. The number of aromatic carboxylic acids is 1. The van der Waals surface area contributed by atoms with Crippen molar-refractivity contribution in [3.8, 4) is 23.0 Å². The first-order chi connectivity index (χ1) is 8.10. The van der Waals surface area contributed by atoms with Gasteiger partial charge in [-0.25, -0.2) is 4.79 Å². The van der Waals surface area contributed by atoms with E-state index < -0.39 is 5.97 Å². The number of carboxylic acid groups (broad SMARTS) is 1. The summed E-state index contributed by atoms with van der Waals surface area (Å²) in [5.41, 5.74) is -0.133. The smallest absolute Gasteiger partial charge is 0.343 e. The van der Waals surface area contributed by atoms with Crippen LogP contribution in [0.4, 0.5) is 0 Å². The molecule has 0 saturated heterocycles. The first kappa shape index (κ1) is 13.0. The van der Waals surface area contributed by atoms with Gasteiger partial charge in [0.1, 0.15) is 0 Å². The molecule has 0 atom stereocenters. The van der Waals surface area contributed by atoms with Crippen molar-refractivity contribution in [1.29, 1.82) is 0 Å². The summed E-state index contributed by atoms with van der Waals surface area (Å²) in [4.78, 5) is 11.2. The quantitative estimate of drug-likeness (QED) is 0.841. The number of methoxy groups -OCH3 is 4. The average molecular weight is 242 g/mol. The van der Waals surface area contributed by atoms with Gasteiger partial charge in [-0.15, -0.1) is 0 Å². The molecular formula is C11H14O6. The predicted octanol–water partition coefficient (Wildman–Crippen LogP) is 1.42. The van der Waals surface area contributed by atoms with Gasteiger partial charge < -0.3 is 24.1 Å². The van der Waals surface area contributed by atoms with E-state index in [9.17, 15) is 9.90 Å². The van der Waals surface area contributed by atoms with Crippen LogP contribution in [0.2, 0.25) is 0 Å². The van der Waals surface area contributed by atoms with Crippen LogP contribution in [-0.4, -0.2) is 39.5 Å². The lowest BCUT2D eigenvalue weighted by Gasteiger charge is -2.16. The second kappa shape index (κ2) is 5.29. The molecule has 0 unspecified atom stereocenters. The van der Waals surface area contributed by atoms with Gasteiger partial charge >= 0.3 is 5.97 Å². The number of hydrogen-bond donors (Lipinski definition) is 1. The Morgan fingerprint density at radius 3 is 1.59 bits per heavy atom. The fourth-order valence-electron chi connectivity index (χ4n) is 1.50. The van der Waals surface area contributed by atoms with Gasteiger partial charge in [-0.2, -0.15) is 0 Å². The largest absolute Gasteiger partial charge is 0.493 e. The zero-order valence-corrected chi connectivity index (χ0v) is 10.1. The van der Waals surface area contributed by atoms with Crippen LogP contribution in [0.15, 0.2) is 6.07 Å². The average Bonchev–Trinajstić information content (AvgIpc) is 2.35. The summed E-state index contributed by atoms with van der Waals surface area (Å²) in [6.07, 6.45) is 0. The zero-order chi connectivity index (χ0) is 13.0. The molecule has 0 aromatic heterocycles. The van der Waals surface area contributed by atoms with Crippen LogP contribution >= 0.6 is 0 Å². The summed E-state index contributed by atoms with van der Waals surface area (Å²) in [7, 11) is 5.54. The third kappa shape index (κ3) is 2.20. The van der Waals surface area contributed by atoms with Crippen molar-refractivity contribution in [3.63, 3.8) is 0 Å². The Balaban J connectivity index is 3.63. The molecule has 1 N–H and O–H groups in total. The summed E-state index contributed by atoms with van der Waals surface area (Å²) in [6, 6.07) is 1.50. The summed E-state index contributed by atoms with van der Waals surface area (Å²) < 4.78 is 20.1. The molecule has 0 fully saturated rings. The highest BCUT2D eigenvalue weighted by atomic mass is 16.5. The molecule has 0 aliphatic carbocycles.